The lowest BCUT2D eigenvalue weighted by Gasteiger charge is -2.19. The normalized spacial score (nSPS) is 11.4. The van der Waals surface area contributed by atoms with Crippen molar-refractivity contribution >= 4 is 11.8 Å². The molecular formula is C23H28N4O3. The highest BCUT2D eigenvalue weighted by Crippen LogP contribution is 2.14. The van der Waals surface area contributed by atoms with E-state index < -0.39 is 6.04 Å². The van der Waals surface area contributed by atoms with Crippen molar-refractivity contribution in [3.05, 3.63) is 59.9 Å². The van der Waals surface area contributed by atoms with Crippen molar-refractivity contribution in [3.8, 4) is 11.8 Å². The highest BCUT2D eigenvalue weighted by atomic mass is 16.5. The standard InChI is InChI=1S/C23H28N4O3/c1-17(2)16-21(23(29)26-14-11-24)27-22(28)19-5-7-20(8-6-19)30-15-3-4-18-9-12-25-13-10-18/h5-10,12-13,17,21H,3-4,14-16H2,1-2H3,(H,26,29)(H,27,28). The van der Waals surface area contributed by atoms with E-state index in [0.717, 1.165) is 12.8 Å². The van der Waals surface area contributed by atoms with Gasteiger partial charge in [0.15, 0.2) is 0 Å². The average Bonchev–Trinajstić information content (AvgIpc) is 2.75. The lowest BCUT2D eigenvalue weighted by Crippen LogP contribution is -2.47. The van der Waals surface area contributed by atoms with Crippen LogP contribution in [0, 0.1) is 17.2 Å². The lowest BCUT2D eigenvalue weighted by atomic mass is 10.0. The van der Waals surface area contributed by atoms with Crippen molar-refractivity contribution in [1.82, 2.24) is 15.6 Å². The number of rotatable bonds is 11. The molecule has 1 unspecified atom stereocenters. The van der Waals surface area contributed by atoms with Crippen LogP contribution in [-0.4, -0.2) is 36.0 Å². The molecule has 0 aliphatic heterocycles. The van der Waals surface area contributed by atoms with Crippen LogP contribution in [0.5, 0.6) is 5.75 Å². The molecule has 0 saturated carbocycles. The summed E-state index contributed by atoms with van der Waals surface area (Å²) >= 11 is 0. The maximum atomic E-state index is 12.5. The summed E-state index contributed by atoms with van der Waals surface area (Å²) in [6.45, 7) is 4.43. The van der Waals surface area contributed by atoms with Crippen LogP contribution in [0.25, 0.3) is 0 Å². The summed E-state index contributed by atoms with van der Waals surface area (Å²) in [7, 11) is 0. The molecule has 0 saturated heterocycles. The summed E-state index contributed by atoms with van der Waals surface area (Å²) in [4.78, 5) is 28.7. The van der Waals surface area contributed by atoms with Crippen molar-refractivity contribution < 1.29 is 14.3 Å². The largest absolute Gasteiger partial charge is 0.494 e. The Morgan fingerprint density at radius 2 is 1.83 bits per heavy atom. The Kier molecular flexibility index (Phi) is 9.32. The Morgan fingerprint density at radius 3 is 2.47 bits per heavy atom. The first-order valence-corrected chi connectivity index (χ1v) is 10.1. The molecule has 1 aromatic carbocycles. The van der Waals surface area contributed by atoms with E-state index in [2.05, 4.69) is 15.6 Å². The molecule has 2 rings (SSSR count). The van der Waals surface area contributed by atoms with E-state index in [0.29, 0.717) is 24.3 Å². The van der Waals surface area contributed by atoms with Gasteiger partial charge in [0.1, 0.15) is 18.3 Å². The molecule has 158 valence electrons. The van der Waals surface area contributed by atoms with E-state index in [1.807, 2.05) is 32.0 Å². The van der Waals surface area contributed by atoms with Gasteiger partial charge in [0.2, 0.25) is 5.91 Å². The van der Waals surface area contributed by atoms with Crippen LogP contribution in [0.15, 0.2) is 48.8 Å². The topological polar surface area (TPSA) is 104 Å². The second-order valence-corrected chi connectivity index (χ2v) is 7.36. The van der Waals surface area contributed by atoms with Gasteiger partial charge in [-0.15, -0.1) is 0 Å². The number of nitrogens with zero attached hydrogens (tertiary/aromatic N) is 2. The van der Waals surface area contributed by atoms with Crippen molar-refractivity contribution in [2.45, 2.75) is 39.2 Å². The molecule has 7 nitrogen and oxygen atoms in total. The SMILES string of the molecule is CC(C)CC(NC(=O)c1ccc(OCCCc2ccncc2)cc1)C(=O)NCC#N. The number of aryl methyl sites for hydroxylation is 1. The van der Waals surface area contributed by atoms with Gasteiger partial charge in [0, 0.05) is 18.0 Å². The maximum absolute atomic E-state index is 12.5. The van der Waals surface area contributed by atoms with Crippen molar-refractivity contribution in [2.75, 3.05) is 13.2 Å². The molecule has 2 aromatic rings. The van der Waals surface area contributed by atoms with Gasteiger partial charge in [0.25, 0.3) is 5.91 Å². The molecule has 0 bridgehead atoms. The van der Waals surface area contributed by atoms with Gasteiger partial charge in [-0.1, -0.05) is 13.8 Å². The number of aromatic nitrogens is 1. The van der Waals surface area contributed by atoms with Gasteiger partial charge in [0.05, 0.1) is 12.7 Å². The van der Waals surface area contributed by atoms with Crippen molar-refractivity contribution in [3.63, 3.8) is 0 Å². The predicted octanol–water partition coefficient (Wildman–Crippen LogP) is 2.88. The Bertz CT molecular complexity index is 845. The van der Waals surface area contributed by atoms with Crippen LogP contribution >= 0.6 is 0 Å². The predicted molar refractivity (Wildman–Crippen MR) is 114 cm³/mol. The van der Waals surface area contributed by atoms with E-state index in [-0.39, 0.29) is 24.3 Å². The second-order valence-electron chi connectivity index (χ2n) is 7.36. The Balaban J connectivity index is 1.85. The van der Waals surface area contributed by atoms with Gasteiger partial charge >= 0.3 is 0 Å². The first-order chi connectivity index (χ1) is 14.5. The molecule has 0 fully saturated rings. The third-order valence-corrected chi connectivity index (χ3v) is 4.41. The minimum Gasteiger partial charge on any atom is -0.494 e. The smallest absolute Gasteiger partial charge is 0.251 e. The fourth-order valence-corrected chi connectivity index (χ4v) is 2.91. The Morgan fingerprint density at radius 1 is 1.13 bits per heavy atom. The number of carbonyl (C=O) groups is 2. The van der Waals surface area contributed by atoms with Gasteiger partial charge in [-0.25, -0.2) is 0 Å². The van der Waals surface area contributed by atoms with E-state index >= 15 is 0 Å². The van der Waals surface area contributed by atoms with Crippen LogP contribution in [0.3, 0.4) is 0 Å². The minimum absolute atomic E-state index is 0.0868. The number of nitriles is 1. The quantitative estimate of drug-likeness (QED) is 0.439. The zero-order chi connectivity index (χ0) is 21.8. The molecule has 1 atom stereocenters. The third-order valence-electron chi connectivity index (χ3n) is 4.41. The fraction of sp³-hybridized carbons (Fsp3) is 0.391. The van der Waals surface area contributed by atoms with E-state index in [9.17, 15) is 9.59 Å². The van der Waals surface area contributed by atoms with Crippen LogP contribution in [0.2, 0.25) is 0 Å². The fourth-order valence-electron chi connectivity index (χ4n) is 2.91. The summed E-state index contributed by atoms with van der Waals surface area (Å²) in [6.07, 6.45) is 5.83. The molecule has 0 spiro atoms. The summed E-state index contributed by atoms with van der Waals surface area (Å²) in [5, 5.41) is 13.9. The highest BCUT2D eigenvalue weighted by molar-refractivity contribution is 5.97. The number of hydrogen-bond donors (Lipinski definition) is 2. The number of hydrogen-bond acceptors (Lipinski definition) is 5. The number of carbonyl (C=O) groups excluding carboxylic acids is 2. The van der Waals surface area contributed by atoms with Gasteiger partial charge in [-0.05, 0) is 67.1 Å². The molecule has 0 aliphatic rings. The molecule has 30 heavy (non-hydrogen) atoms. The van der Waals surface area contributed by atoms with Gasteiger partial charge < -0.3 is 15.4 Å². The molecule has 7 heteroatoms. The first kappa shape index (κ1) is 22.9. The molecule has 0 aliphatic carbocycles. The Hall–Kier alpha value is -3.40. The summed E-state index contributed by atoms with van der Waals surface area (Å²) in [5.74, 6) is 0.211. The monoisotopic (exact) mass is 408 g/mol. The zero-order valence-electron chi connectivity index (χ0n) is 17.4. The van der Waals surface area contributed by atoms with Crippen LogP contribution in [0.4, 0.5) is 0 Å². The van der Waals surface area contributed by atoms with Crippen molar-refractivity contribution in [2.24, 2.45) is 5.92 Å². The maximum Gasteiger partial charge on any atom is 0.251 e. The average molecular weight is 409 g/mol. The lowest BCUT2D eigenvalue weighted by molar-refractivity contribution is -0.123. The van der Waals surface area contributed by atoms with Crippen LogP contribution in [-0.2, 0) is 11.2 Å². The van der Waals surface area contributed by atoms with Gasteiger partial charge in [-0.2, -0.15) is 5.26 Å². The number of ether oxygens (including phenoxy) is 1. The second kappa shape index (κ2) is 12.2. The number of amides is 2. The molecular weight excluding hydrogens is 380 g/mol. The summed E-state index contributed by atoms with van der Waals surface area (Å²) in [6, 6.07) is 12.0. The van der Waals surface area contributed by atoms with Crippen LogP contribution in [0.1, 0.15) is 42.6 Å². The Labute approximate surface area is 177 Å². The highest BCUT2D eigenvalue weighted by Gasteiger charge is 2.22. The first-order valence-electron chi connectivity index (χ1n) is 10.1. The molecule has 1 heterocycles. The number of pyridine rings is 1. The molecule has 2 amide bonds. The molecule has 1 aromatic heterocycles. The van der Waals surface area contributed by atoms with E-state index in [4.69, 9.17) is 10.00 Å². The van der Waals surface area contributed by atoms with Crippen molar-refractivity contribution in [1.29, 1.82) is 5.26 Å². The number of benzene rings is 1. The number of nitrogens with one attached hydrogen (secondary N) is 2. The molecule has 0 radical (unpaired) electrons. The summed E-state index contributed by atoms with van der Waals surface area (Å²) in [5.41, 5.74) is 1.66. The zero-order valence-corrected chi connectivity index (χ0v) is 17.4. The third kappa shape index (κ3) is 7.92. The minimum atomic E-state index is -0.685. The van der Waals surface area contributed by atoms with Crippen LogP contribution < -0.4 is 15.4 Å². The summed E-state index contributed by atoms with van der Waals surface area (Å²) < 4.78 is 5.74. The van der Waals surface area contributed by atoms with E-state index in [1.54, 1.807) is 36.7 Å². The molecule has 2 N–H and O–H groups in total. The van der Waals surface area contributed by atoms with Gasteiger partial charge in [-0.3, -0.25) is 14.6 Å². The van der Waals surface area contributed by atoms with E-state index in [1.165, 1.54) is 5.56 Å².